The molecule has 4 fully saturated rings. The van der Waals surface area contributed by atoms with Crippen molar-refractivity contribution in [3.8, 4) is 0 Å². The van der Waals surface area contributed by atoms with Crippen LogP contribution in [0.15, 0.2) is 73.1 Å². The van der Waals surface area contributed by atoms with E-state index in [4.69, 9.17) is 23.2 Å². The predicted octanol–water partition coefficient (Wildman–Crippen LogP) is 10.2. The van der Waals surface area contributed by atoms with Crippen LogP contribution in [0.1, 0.15) is 146 Å². The van der Waals surface area contributed by atoms with E-state index < -0.39 is 68.8 Å². The Hall–Kier alpha value is -4.98. The molecule has 12 nitrogen and oxygen atoms in total. The summed E-state index contributed by atoms with van der Waals surface area (Å²) in [5.74, 6) is -0.0837. The van der Waals surface area contributed by atoms with Crippen molar-refractivity contribution in [1.29, 1.82) is 0 Å². The first kappa shape index (κ1) is 44.9. The summed E-state index contributed by atoms with van der Waals surface area (Å²) in [6.07, 6.45) is -3.01. The summed E-state index contributed by atoms with van der Waals surface area (Å²) in [6, 6.07) is 6.79. The van der Waals surface area contributed by atoms with E-state index >= 15 is 0 Å². The number of piperidine rings is 2. The van der Waals surface area contributed by atoms with Crippen LogP contribution in [0, 0.1) is 27.7 Å². The minimum absolute atomic E-state index is 0.0285. The number of amides is 2. The molecular formula is C58H78F6N8O4. The number of aryl methyl sites for hydroxylation is 4. The molecule has 4 aromatic rings. The van der Waals surface area contributed by atoms with Crippen molar-refractivity contribution in [2.45, 2.75) is 129 Å². The molecule has 2 aromatic carbocycles. The minimum Gasteiger partial charge on any atom is -0.383 e. The van der Waals surface area contributed by atoms with Gasteiger partial charge in [-0.05, 0) is 140 Å². The maximum absolute atomic E-state index is 13.3. The first-order chi connectivity index (χ1) is 40.0. The van der Waals surface area contributed by atoms with E-state index in [0.717, 1.165) is 60.4 Å². The molecule has 0 saturated carbocycles. The van der Waals surface area contributed by atoms with Gasteiger partial charge < -0.3 is 19.3 Å². The Kier molecular flexibility index (Phi) is 14.4. The van der Waals surface area contributed by atoms with Gasteiger partial charge in [-0.3, -0.25) is 39.2 Å². The molecule has 18 heteroatoms. The number of benzene rings is 2. The molecule has 4 aliphatic heterocycles. The lowest BCUT2D eigenvalue weighted by molar-refractivity contribution is -0.138. The van der Waals surface area contributed by atoms with E-state index in [2.05, 4.69) is 33.6 Å². The van der Waals surface area contributed by atoms with Crippen molar-refractivity contribution in [2.75, 3.05) is 92.6 Å². The molecule has 76 heavy (non-hydrogen) atoms. The Labute approximate surface area is 461 Å². The monoisotopic (exact) mass is 1080 g/mol. The highest BCUT2D eigenvalue weighted by atomic mass is 19.4. The number of nitrogens with zero attached hydrogens (tertiary/aromatic N) is 8. The van der Waals surface area contributed by atoms with Crippen LogP contribution in [0.5, 0.6) is 0 Å². The van der Waals surface area contributed by atoms with Crippen molar-refractivity contribution in [3.05, 3.63) is 129 Å². The van der Waals surface area contributed by atoms with Gasteiger partial charge in [0.15, 0.2) is 0 Å². The number of hydrogen-bond donors (Lipinski definition) is 0. The molecule has 0 bridgehead atoms. The van der Waals surface area contributed by atoms with E-state index in [0.29, 0.717) is 94.3 Å². The predicted molar refractivity (Wildman–Crippen MR) is 282 cm³/mol. The molecular weight excluding hydrogens is 987 g/mol. The third kappa shape index (κ3) is 13.3. The molecule has 6 heterocycles. The van der Waals surface area contributed by atoms with Crippen molar-refractivity contribution < 1.29 is 60.5 Å². The van der Waals surface area contributed by atoms with Gasteiger partial charge in [0.05, 0.1) is 73.9 Å². The average molecular weight is 1080 g/mol. The van der Waals surface area contributed by atoms with Crippen LogP contribution in [0.3, 0.4) is 0 Å². The maximum atomic E-state index is 13.3. The fourth-order valence-electron chi connectivity index (χ4n) is 11.4. The number of piperazine rings is 2. The van der Waals surface area contributed by atoms with Crippen LogP contribution in [0.2, 0.25) is 0 Å². The number of halogens is 6. The second kappa shape index (κ2) is 24.4. The van der Waals surface area contributed by atoms with Crippen LogP contribution in [0.25, 0.3) is 0 Å². The second-order valence-electron chi connectivity index (χ2n) is 21.1. The lowest BCUT2D eigenvalue weighted by Gasteiger charge is -2.52. The van der Waals surface area contributed by atoms with Crippen molar-refractivity contribution in [3.63, 3.8) is 0 Å². The number of methoxy groups -OCH3 is 2. The normalized spacial score (nSPS) is 25.2. The minimum atomic E-state index is -4.64. The van der Waals surface area contributed by atoms with Crippen LogP contribution in [-0.4, -0.2) is 167 Å². The molecule has 0 N–H and O–H groups in total. The number of likely N-dealkylation sites (tertiary alicyclic amines) is 2. The van der Waals surface area contributed by atoms with Gasteiger partial charge in [-0.2, -0.15) is 26.3 Å². The second-order valence-corrected chi connectivity index (χ2v) is 21.1. The highest BCUT2D eigenvalue weighted by molar-refractivity contribution is 5.97. The summed E-state index contributed by atoms with van der Waals surface area (Å²) in [5, 5.41) is 0. The smallest absolute Gasteiger partial charge is 0.383 e. The SMILES string of the molecule is [2H]C([2H])([2H])OC([2H])([2H])[C@@H](c1ccc(C(F)(F)F)cc1)N1CCN(C2(C)CCN(C(=O)c3c(C)ccnc3C)CC2)C[C@@H]1C.[2H]C([2H])([2H])OC([2H])([2H])[C@@]([2H])(c1ccc(C(F)(F)F)cc1)N1CCN(C2(C)CCN(C(=O)c3c(C)ccnc3C)CC2)C[C@@H]1C. The van der Waals surface area contributed by atoms with E-state index in [1.165, 1.54) is 17.0 Å². The quantitative estimate of drug-likeness (QED) is 0.128. The van der Waals surface area contributed by atoms with E-state index in [9.17, 15) is 37.3 Å². The maximum Gasteiger partial charge on any atom is 0.416 e. The molecule has 4 atom stereocenters. The molecule has 2 amide bonds. The average Bonchev–Trinajstić information content (AvgIpc) is 0.769. The lowest BCUT2D eigenvalue weighted by atomic mass is 9.86. The van der Waals surface area contributed by atoms with Gasteiger partial charge in [0.25, 0.3) is 11.8 Å². The van der Waals surface area contributed by atoms with Gasteiger partial charge in [-0.15, -0.1) is 0 Å². The summed E-state index contributed by atoms with van der Waals surface area (Å²) in [4.78, 5) is 46.7. The number of pyridine rings is 2. The summed E-state index contributed by atoms with van der Waals surface area (Å²) >= 11 is 0. The Morgan fingerprint density at radius 3 is 1.39 bits per heavy atom. The van der Waals surface area contributed by atoms with Gasteiger partial charge in [0, 0.05) is 115 Å². The molecule has 0 aliphatic carbocycles. The Morgan fingerprint density at radius 2 is 1.01 bits per heavy atom. The van der Waals surface area contributed by atoms with Crippen LogP contribution < -0.4 is 0 Å². The van der Waals surface area contributed by atoms with Crippen LogP contribution >= 0.6 is 0 Å². The Balaban J connectivity index is 0.000000249. The van der Waals surface area contributed by atoms with Gasteiger partial charge in [0.1, 0.15) is 0 Å². The topological polar surface area (TPSA) is 97.8 Å². The summed E-state index contributed by atoms with van der Waals surface area (Å²) < 4.78 is 178. The molecule has 4 saturated heterocycles. The fourth-order valence-corrected chi connectivity index (χ4v) is 11.4. The van der Waals surface area contributed by atoms with Gasteiger partial charge in [-0.25, -0.2) is 0 Å². The largest absolute Gasteiger partial charge is 0.416 e. The number of rotatable bonds is 12. The van der Waals surface area contributed by atoms with E-state index in [-0.39, 0.29) is 46.6 Å². The number of alkyl halides is 6. The van der Waals surface area contributed by atoms with E-state index in [1.807, 2.05) is 56.6 Å². The zero-order valence-electron chi connectivity index (χ0n) is 55.5. The zero-order valence-corrected chi connectivity index (χ0v) is 44.5. The first-order valence-corrected chi connectivity index (χ1v) is 25.7. The van der Waals surface area contributed by atoms with Crippen molar-refractivity contribution in [2.24, 2.45) is 0 Å². The molecule has 0 unspecified atom stereocenters. The molecule has 4 aliphatic rings. The van der Waals surface area contributed by atoms with Gasteiger partial charge in [-0.1, -0.05) is 24.3 Å². The number of carbonyl (C=O) groups excluding carboxylic acids is 2. The molecule has 416 valence electrons. The third-order valence-corrected chi connectivity index (χ3v) is 16.2. The first-order valence-electron chi connectivity index (χ1n) is 31.2. The number of aromatic nitrogens is 2. The molecule has 2 aromatic heterocycles. The summed E-state index contributed by atoms with van der Waals surface area (Å²) in [5.41, 5.74) is 2.06. The Bertz CT molecular complexity index is 3010. The zero-order chi connectivity index (χ0) is 64.8. The lowest BCUT2D eigenvalue weighted by Crippen LogP contribution is -2.62. The number of hydrogen-bond acceptors (Lipinski definition) is 10. The highest BCUT2D eigenvalue weighted by Crippen LogP contribution is 2.38. The Morgan fingerprint density at radius 1 is 0.618 bits per heavy atom. The standard InChI is InChI=1S/2C29H39F3N4O2/c2*1-20-10-13-33-22(3)26(20)27(37)34-14-11-28(4,12-15-34)35-16-17-36(21(2)18-35)25(19-38-5)23-6-8-24(9-7-23)29(30,31)32/h2*6-10,13,21,25H,11-12,14-19H2,1-5H3/t2*21-,25-/m00/s1/i5D3,19D2,25D;5D3,19D2. The highest BCUT2D eigenvalue weighted by Gasteiger charge is 2.44. The molecule has 8 rings (SSSR count). The third-order valence-electron chi connectivity index (χ3n) is 16.2. The fraction of sp³-hybridized carbons (Fsp3) is 0.586. The number of carbonyl (C=O) groups is 2. The van der Waals surface area contributed by atoms with Gasteiger partial charge >= 0.3 is 12.4 Å². The van der Waals surface area contributed by atoms with Crippen LogP contribution in [0.4, 0.5) is 26.3 Å². The van der Waals surface area contributed by atoms with Crippen molar-refractivity contribution in [1.82, 2.24) is 39.4 Å². The van der Waals surface area contributed by atoms with Crippen molar-refractivity contribution >= 4 is 11.8 Å². The number of ether oxygens (including phenoxy) is 2. The van der Waals surface area contributed by atoms with Gasteiger partial charge in [0.2, 0.25) is 0 Å². The molecule has 0 radical (unpaired) electrons. The van der Waals surface area contributed by atoms with Crippen LogP contribution in [-0.2, 0) is 21.8 Å². The summed E-state index contributed by atoms with van der Waals surface area (Å²) in [7, 11) is -6.25. The molecule has 0 spiro atoms. The summed E-state index contributed by atoms with van der Waals surface area (Å²) in [6.45, 7) is 14.0. The van der Waals surface area contributed by atoms with E-state index in [1.54, 1.807) is 24.2 Å².